The standard InChI is InChI=1S/C25H26N4O3S/c1-16-21(13-18-9-11-20(31-3)12-10-18)17(2)29(28-16)25-26-19(15-33-25)14-24(30)27-22-7-5-6-8-23(22)32-4/h5-12,15H,13-14H2,1-4H3,(H,27,30). The van der Waals surface area contributed by atoms with Crippen LogP contribution >= 0.6 is 11.3 Å². The number of nitrogens with one attached hydrogen (secondary N) is 1. The molecule has 0 aliphatic carbocycles. The van der Waals surface area contributed by atoms with Crippen LogP contribution in [-0.2, 0) is 17.6 Å². The minimum Gasteiger partial charge on any atom is -0.497 e. The first-order valence-electron chi connectivity index (χ1n) is 10.5. The Labute approximate surface area is 197 Å². The van der Waals surface area contributed by atoms with Gasteiger partial charge >= 0.3 is 0 Å². The molecule has 0 radical (unpaired) electrons. The highest BCUT2D eigenvalue weighted by molar-refractivity contribution is 7.12. The highest BCUT2D eigenvalue weighted by Gasteiger charge is 2.17. The molecule has 0 saturated heterocycles. The zero-order chi connectivity index (χ0) is 23.4. The van der Waals surface area contributed by atoms with Gasteiger partial charge in [-0.25, -0.2) is 9.67 Å². The number of thiazole rings is 1. The number of methoxy groups -OCH3 is 2. The fourth-order valence-corrected chi connectivity index (χ4v) is 4.47. The van der Waals surface area contributed by atoms with Gasteiger partial charge in [-0.1, -0.05) is 24.3 Å². The van der Waals surface area contributed by atoms with Gasteiger partial charge in [-0.3, -0.25) is 4.79 Å². The van der Waals surface area contributed by atoms with Crippen molar-refractivity contribution in [3.63, 3.8) is 0 Å². The third-order valence-electron chi connectivity index (χ3n) is 5.42. The minimum absolute atomic E-state index is 0.148. The van der Waals surface area contributed by atoms with E-state index in [9.17, 15) is 4.79 Å². The molecule has 0 spiro atoms. The summed E-state index contributed by atoms with van der Waals surface area (Å²) in [6.07, 6.45) is 0.952. The first-order chi connectivity index (χ1) is 16.0. The Hall–Kier alpha value is -3.65. The SMILES string of the molecule is COc1ccc(Cc2c(C)nn(-c3nc(CC(=O)Nc4ccccc4OC)cs3)c2C)cc1. The summed E-state index contributed by atoms with van der Waals surface area (Å²) in [5.74, 6) is 1.31. The van der Waals surface area contributed by atoms with Crippen LogP contribution in [0.2, 0.25) is 0 Å². The van der Waals surface area contributed by atoms with Crippen LogP contribution < -0.4 is 14.8 Å². The van der Waals surface area contributed by atoms with Gasteiger partial charge in [0.15, 0.2) is 0 Å². The average molecular weight is 463 g/mol. The maximum atomic E-state index is 12.5. The maximum Gasteiger partial charge on any atom is 0.230 e. The molecular weight excluding hydrogens is 436 g/mol. The number of ether oxygens (including phenoxy) is 2. The van der Waals surface area contributed by atoms with Crippen LogP contribution in [0.1, 0.15) is 28.2 Å². The fraction of sp³-hybridized carbons (Fsp3) is 0.240. The molecule has 0 aliphatic rings. The van der Waals surface area contributed by atoms with Gasteiger partial charge in [-0.05, 0) is 43.7 Å². The van der Waals surface area contributed by atoms with Crippen molar-refractivity contribution in [2.24, 2.45) is 0 Å². The van der Waals surface area contributed by atoms with Gasteiger partial charge in [0.2, 0.25) is 11.0 Å². The van der Waals surface area contributed by atoms with E-state index < -0.39 is 0 Å². The summed E-state index contributed by atoms with van der Waals surface area (Å²) >= 11 is 1.47. The number of benzene rings is 2. The molecule has 0 fully saturated rings. The van der Waals surface area contributed by atoms with Crippen molar-refractivity contribution >= 4 is 22.9 Å². The van der Waals surface area contributed by atoms with Gasteiger partial charge in [0.25, 0.3) is 0 Å². The van der Waals surface area contributed by atoms with Crippen LogP contribution in [0.4, 0.5) is 5.69 Å². The minimum atomic E-state index is -0.148. The highest BCUT2D eigenvalue weighted by atomic mass is 32.1. The van der Waals surface area contributed by atoms with Gasteiger partial charge in [0.1, 0.15) is 11.5 Å². The number of aryl methyl sites for hydroxylation is 1. The number of aromatic nitrogens is 3. The maximum absolute atomic E-state index is 12.5. The lowest BCUT2D eigenvalue weighted by atomic mass is 10.0. The van der Waals surface area contributed by atoms with Crippen LogP contribution in [0, 0.1) is 13.8 Å². The Morgan fingerprint density at radius 1 is 1.06 bits per heavy atom. The average Bonchev–Trinajstić information content (AvgIpc) is 3.39. The van der Waals surface area contributed by atoms with E-state index in [4.69, 9.17) is 14.6 Å². The summed E-state index contributed by atoms with van der Waals surface area (Å²) in [5, 5.41) is 10.3. The Bertz CT molecular complexity index is 1260. The highest BCUT2D eigenvalue weighted by Crippen LogP contribution is 2.25. The molecule has 2 aromatic heterocycles. The number of para-hydroxylation sites is 2. The van der Waals surface area contributed by atoms with E-state index in [1.807, 2.05) is 60.3 Å². The van der Waals surface area contributed by atoms with Crippen LogP contribution in [0.3, 0.4) is 0 Å². The number of carbonyl (C=O) groups is 1. The summed E-state index contributed by atoms with van der Waals surface area (Å²) in [5.41, 5.74) is 5.71. The molecule has 0 atom stereocenters. The number of hydrogen-bond acceptors (Lipinski definition) is 6. The third kappa shape index (κ3) is 5.06. The molecule has 4 aromatic rings. The van der Waals surface area contributed by atoms with Crippen LogP contribution in [0.15, 0.2) is 53.9 Å². The molecule has 1 N–H and O–H groups in total. The molecule has 7 nitrogen and oxygen atoms in total. The van der Waals surface area contributed by atoms with Crippen molar-refractivity contribution in [1.29, 1.82) is 0 Å². The Morgan fingerprint density at radius 3 is 2.55 bits per heavy atom. The lowest BCUT2D eigenvalue weighted by Crippen LogP contribution is -2.15. The summed E-state index contributed by atoms with van der Waals surface area (Å²) in [7, 11) is 3.24. The van der Waals surface area contributed by atoms with Crippen molar-refractivity contribution in [3.8, 4) is 16.6 Å². The molecule has 33 heavy (non-hydrogen) atoms. The Morgan fingerprint density at radius 2 is 1.82 bits per heavy atom. The molecule has 0 bridgehead atoms. The predicted molar refractivity (Wildman–Crippen MR) is 130 cm³/mol. The van der Waals surface area contributed by atoms with E-state index in [0.29, 0.717) is 17.1 Å². The lowest BCUT2D eigenvalue weighted by Gasteiger charge is -2.09. The van der Waals surface area contributed by atoms with E-state index in [1.165, 1.54) is 22.5 Å². The molecular formula is C25H26N4O3S. The monoisotopic (exact) mass is 462 g/mol. The van der Waals surface area contributed by atoms with E-state index in [0.717, 1.165) is 28.7 Å². The molecule has 0 aliphatic heterocycles. The molecule has 4 rings (SSSR count). The van der Waals surface area contributed by atoms with Crippen LogP contribution in [0.5, 0.6) is 11.5 Å². The second-order valence-electron chi connectivity index (χ2n) is 7.63. The zero-order valence-electron chi connectivity index (χ0n) is 19.1. The van der Waals surface area contributed by atoms with Gasteiger partial charge in [0.05, 0.1) is 37.7 Å². The van der Waals surface area contributed by atoms with E-state index in [-0.39, 0.29) is 12.3 Å². The molecule has 2 heterocycles. The van der Waals surface area contributed by atoms with Crippen molar-refractivity contribution in [1.82, 2.24) is 14.8 Å². The molecule has 8 heteroatoms. The topological polar surface area (TPSA) is 78.3 Å². The molecule has 0 unspecified atom stereocenters. The van der Waals surface area contributed by atoms with E-state index >= 15 is 0 Å². The number of rotatable bonds is 8. The second kappa shape index (κ2) is 9.87. The Kier molecular flexibility index (Phi) is 6.74. The van der Waals surface area contributed by atoms with E-state index in [2.05, 4.69) is 22.4 Å². The summed E-state index contributed by atoms with van der Waals surface area (Å²) in [4.78, 5) is 17.2. The zero-order valence-corrected chi connectivity index (χ0v) is 19.9. The summed E-state index contributed by atoms with van der Waals surface area (Å²) in [6.45, 7) is 4.06. The summed E-state index contributed by atoms with van der Waals surface area (Å²) in [6, 6.07) is 15.4. The number of nitrogens with zero attached hydrogens (tertiary/aromatic N) is 3. The number of anilines is 1. The number of hydrogen-bond donors (Lipinski definition) is 1. The van der Waals surface area contributed by atoms with Gasteiger partial charge in [-0.2, -0.15) is 5.10 Å². The largest absolute Gasteiger partial charge is 0.497 e. The molecule has 2 aromatic carbocycles. The smallest absolute Gasteiger partial charge is 0.230 e. The van der Waals surface area contributed by atoms with Crippen LogP contribution in [-0.4, -0.2) is 34.9 Å². The first kappa shape index (κ1) is 22.5. The van der Waals surface area contributed by atoms with Crippen molar-refractivity contribution in [2.45, 2.75) is 26.7 Å². The van der Waals surface area contributed by atoms with Crippen molar-refractivity contribution < 1.29 is 14.3 Å². The first-order valence-corrected chi connectivity index (χ1v) is 11.4. The summed E-state index contributed by atoms with van der Waals surface area (Å²) < 4.78 is 12.4. The normalized spacial score (nSPS) is 10.8. The fourth-order valence-electron chi connectivity index (χ4n) is 3.65. The van der Waals surface area contributed by atoms with E-state index in [1.54, 1.807) is 14.2 Å². The molecule has 1 amide bonds. The van der Waals surface area contributed by atoms with Gasteiger partial charge in [-0.15, -0.1) is 11.3 Å². The van der Waals surface area contributed by atoms with Gasteiger partial charge in [0, 0.05) is 23.1 Å². The van der Waals surface area contributed by atoms with Crippen LogP contribution in [0.25, 0.3) is 5.13 Å². The quantitative estimate of drug-likeness (QED) is 0.409. The third-order valence-corrected chi connectivity index (χ3v) is 6.29. The van der Waals surface area contributed by atoms with Crippen molar-refractivity contribution in [3.05, 3.63) is 82.1 Å². The second-order valence-corrected chi connectivity index (χ2v) is 8.47. The van der Waals surface area contributed by atoms with Gasteiger partial charge < -0.3 is 14.8 Å². The number of carbonyl (C=O) groups excluding carboxylic acids is 1. The van der Waals surface area contributed by atoms with Crippen molar-refractivity contribution in [2.75, 3.05) is 19.5 Å². The molecule has 170 valence electrons. The number of amides is 1. The predicted octanol–water partition coefficient (Wildman–Crippen LogP) is 4.73. The Balaban J connectivity index is 1.48. The lowest BCUT2D eigenvalue weighted by molar-refractivity contribution is -0.115. The molecule has 0 saturated carbocycles.